The van der Waals surface area contributed by atoms with Crippen LogP contribution in [0, 0.1) is 5.41 Å². The summed E-state index contributed by atoms with van der Waals surface area (Å²) in [7, 11) is 1.88. The highest BCUT2D eigenvalue weighted by molar-refractivity contribution is 5.85. The predicted octanol–water partition coefficient (Wildman–Crippen LogP) is -0.140. The van der Waals surface area contributed by atoms with Crippen LogP contribution in [0.3, 0.4) is 0 Å². The van der Waals surface area contributed by atoms with Gasteiger partial charge in [-0.3, -0.25) is 4.79 Å². The molecule has 0 atom stereocenters. The molecular weight excluding hydrogens is 164 g/mol. The number of likely N-dealkylation sites (tertiary alicyclic amines) is 1. The van der Waals surface area contributed by atoms with E-state index < -0.39 is 0 Å². The molecule has 2 fully saturated rings. The van der Waals surface area contributed by atoms with E-state index in [4.69, 9.17) is 0 Å². The fourth-order valence-electron chi connectivity index (χ4n) is 1.82. The Morgan fingerprint density at radius 1 is 1.55 bits per heavy atom. The number of carbonyl (C=O) groups is 1. The van der Waals surface area contributed by atoms with Crippen LogP contribution in [0.4, 0.5) is 0 Å². The molecule has 0 aromatic carbocycles. The summed E-state index contributed by atoms with van der Waals surface area (Å²) >= 11 is 0. The van der Waals surface area contributed by atoms with Crippen LogP contribution in [0.2, 0.25) is 0 Å². The smallest absolute Gasteiger partial charge is 0.223 e. The summed E-state index contributed by atoms with van der Waals surface area (Å²) in [6, 6.07) is 0. The van der Waals surface area contributed by atoms with Gasteiger partial charge in [-0.2, -0.15) is 0 Å². The maximum absolute atomic E-state index is 11.1. The second-order valence-electron chi connectivity index (χ2n) is 3.53. The number of rotatable bonds is 0. The predicted molar refractivity (Wildman–Crippen MR) is 44.8 cm³/mol. The molecule has 1 amide bonds. The lowest BCUT2D eigenvalue weighted by atomic mass is 9.81. The molecule has 1 spiro atoms. The molecule has 2 rings (SSSR count). The fourth-order valence-corrected chi connectivity index (χ4v) is 1.82. The van der Waals surface area contributed by atoms with Crippen LogP contribution in [-0.2, 0) is 4.79 Å². The number of carbonyl (C=O) groups excluding carboxylic acids is 1. The lowest BCUT2D eigenvalue weighted by Gasteiger charge is -2.37. The van der Waals surface area contributed by atoms with Crippen molar-refractivity contribution in [3.63, 3.8) is 0 Å². The van der Waals surface area contributed by atoms with Gasteiger partial charge in [0.15, 0.2) is 0 Å². The van der Waals surface area contributed by atoms with Gasteiger partial charge in [0.25, 0.3) is 0 Å². The number of hydrogen-bond acceptors (Lipinski definition) is 2. The first kappa shape index (κ1) is 8.81. The third-order valence-electron chi connectivity index (χ3n) is 2.52. The van der Waals surface area contributed by atoms with E-state index >= 15 is 0 Å². The molecule has 64 valence electrons. The third-order valence-corrected chi connectivity index (χ3v) is 2.52. The van der Waals surface area contributed by atoms with Crippen molar-refractivity contribution in [1.82, 2.24) is 10.2 Å². The molecule has 0 saturated carbocycles. The summed E-state index contributed by atoms with van der Waals surface area (Å²) in [6.45, 7) is 3.02. The first-order chi connectivity index (χ1) is 4.72. The zero-order valence-electron chi connectivity index (χ0n) is 6.59. The van der Waals surface area contributed by atoms with E-state index in [0.717, 1.165) is 26.1 Å². The number of nitrogens with one attached hydrogen (secondary N) is 1. The Labute approximate surface area is 72.5 Å². The minimum absolute atomic E-state index is 0. The molecule has 4 heteroatoms. The summed E-state index contributed by atoms with van der Waals surface area (Å²) in [5.41, 5.74) is 0.325. The molecule has 3 nitrogen and oxygen atoms in total. The van der Waals surface area contributed by atoms with E-state index in [-0.39, 0.29) is 12.4 Å². The van der Waals surface area contributed by atoms with Crippen LogP contribution in [0.1, 0.15) is 6.42 Å². The van der Waals surface area contributed by atoms with Crippen LogP contribution in [0.5, 0.6) is 0 Å². The Bertz CT molecular complexity index is 179. The molecule has 0 aromatic rings. The van der Waals surface area contributed by atoms with Crippen molar-refractivity contribution in [2.24, 2.45) is 5.41 Å². The first-order valence-corrected chi connectivity index (χ1v) is 3.67. The molecule has 2 saturated heterocycles. The van der Waals surface area contributed by atoms with E-state index in [1.807, 2.05) is 11.9 Å². The van der Waals surface area contributed by atoms with E-state index in [0.29, 0.717) is 11.3 Å². The van der Waals surface area contributed by atoms with Gasteiger partial charge >= 0.3 is 0 Å². The van der Waals surface area contributed by atoms with Crippen molar-refractivity contribution in [2.45, 2.75) is 6.42 Å². The largest absolute Gasteiger partial charge is 0.345 e. The van der Waals surface area contributed by atoms with Gasteiger partial charge in [0.05, 0.1) is 0 Å². The number of halogens is 1. The number of hydrogen-bond donors (Lipinski definition) is 1. The molecular formula is C7H13ClN2O. The van der Waals surface area contributed by atoms with Gasteiger partial charge in [-0.25, -0.2) is 0 Å². The van der Waals surface area contributed by atoms with Crippen molar-refractivity contribution < 1.29 is 4.79 Å². The highest BCUT2D eigenvalue weighted by Crippen LogP contribution is 2.33. The second kappa shape index (κ2) is 2.64. The van der Waals surface area contributed by atoms with Gasteiger partial charge in [0, 0.05) is 38.5 Å². The Morgan fingerprint density at radius 3 is 2.36 bits per heavy atom. The average Bonchev–Trinajstić information content (AvgIpc) is 2.08. The molecule has 11 heavy (non-hydrogen) atoms. The van der Waals surface area contributed by atoms with Crippen LogP contribution in [0.15, 0.2) is 0 Å². The van der Waals surface area contributed by atoms with Gasteiger partial charge in [-0.15, -0.1) is 12.4 Å². The summed E-state index contributed by atoms with van der Waals surface area (Å²) in [5, 5.41) is 3.21. The van der Waals surface area contributed by atoms with Crippen molar-refractivity contribution in [3.8, 4) is 0 Å². The Balaban J connectivity index is 0.000000605. The van der Waals surface area contributed by atoms with E-state index in [1.165, 1.54) is 0 Å². The average molecular weight is 177 g/mol. The van der Waals surface area contributed by atoms with E-state index in [9.17, 15) is 4.79 Å². The molecule has 0 unspecified atom stereocenters. The van der Waals surface area contributed by atoms with Crippen LogP contribution < -0.4 is 5.32 Å². The van der Waals surface area contributed by atoms with Crippen LogP contribution in [-0.4, -0.2) is 37.5 Å². The Hall–Kier alpha value is -0.280. The van der Waals surface area contributed by atoms with Gasteiger partial charge in [-0.1, -0.05) is 0 Å². The summed E-state index contributed by atoms with van der Waals surface area (Å²) in [5.74, 6) is 0.307. The Morgan fingerprint density at radius 2 is 2.18 bits per heavy atom. The number of nitrogens with zero attached hydrogens (tertiary/aromatic N) is 1. The molecule has 1 N–H and O–H groups in total. The van der Waals surface area contributed by atoms with Crippen molar-refractivity contribution in [2.75, 3.05) is 26.7 Å². The van der Waals surface area contributed by atoms with Gasteiger partial charge < -0.3 is 10.2 Å². The van der Waals surface area contributed by atoms with Crippen molar-refractivity contribution in [3.05, 3.63) is 0 Å². The summed E-state index contributed by atoms with van der Waals surface area (Å²) in [6.07, 6.45) is 0.760. The van der Waals surface area contributed by atoms with Crippen molar-refractivity contribution in [1.29, 1.82) is 0 Å². The molecule has 0 aliphatic carbocycles. The topological polar surface area (TPSA) is 32.3 Å². The molecule has 2 heterocycles. The maximum atomic E-state index is 11.1. The standard InChI is InChI=1S/C7H12N2O.ClH/c1-9-5-7(2-6(9)10)3-8-4-7;/h8H,2-5H2,1H3;1H. The Kier molecular flexibility index (Phi) is 2.12. The first-order valence-electron chi connectivity index (χ1n) is 3.67. The highest BCUT2D eigenvalue weighted by Gasteiger charge is 2.45. The van der Waals surface area contributed by atoms with Crippen LogP contribution >= 0.6 is 12.4 Å². The maximum Gasteiger partial charge on any atom is 0.223 e. The van der Waals surface area contributed by atoms with Crippen molar-refractivity contribution >= 4 is 18.3 Å². The molecule has 2 aliphatic heterocycles. The van der Waals surface area contributed by atoms with E-state index in [2.05, 4.69) is 5.32 Å². The zero-order chi connectivity index (χ0) is 7.19. The molecule has 0 aromatic heterocycles. The highest BCUT2D eigenvalue weighted by atomic mass is 35.5. The monoisotopic (exact) mass is 176 g/mol. The van der Waals surface area contributed by atoms with E-state index in [1.54, 1.807) is 0 Å². The SMILES string of the molecule is CN1CC2(CNC2)CC1=O.Cl. The summed E-state index contributed by atoms with van der Waals surface area (Å²) < 4.78 is 0. The lowest BCUT2D eigenvalue weighted by Crippen LogP contribution is -2.54. The van der Waals surface area contributed by atoms with Gasteiger partial charge in [0.2, 0.25) is 5.91 Å². The normalized spacial score (nSPS) is 26.6. The van der Waals surface area contributed by atoms with Gasteiger partial charge in [-0.05, 0) is 0 Å². The minimum atomic E-state index is 0. The summed E-state index contributed by atoms with van der Waals surface area (Å²) in [4.78, 5) is 12.9. The lowest BCUT2D eigenvalue weighted by molar-refractivity contribution is -0.126. The van der Waals surface area contributed by atoms with Crippen LogP contribution in [0.25, 0.3) is 0 Å². The number of amides is 1. The second-order valence-corrected chi connectivity index (χ2v) is 3.53. The zero-order valence-corrected chi connectivity index (χ0v) is 7.41. The third kappa shape index (κ3) is 1.23. The molecule has 2 aliphatic rings. The quantitative estimate of drug-likeness (QED) is 0.558. The fraction of sp³-hybridized carbons (Fsp3) is 0.857. The minimum Gasteiger partial charge on any atom is -0.345 e. The molecule has 0 bridgehead atoms. The van der Waals surface area contributed by atoms with Gasteiger partial charge in [0.1, 0.15) is 0 Å². The molecule has 0 radical (unpaired) electrons.